The number of aromatic nitrogens is 1. The SMILES string of the molecule is Cl.Cl.O=C(NC[C@H](O)CN1CCc2ccccc2C1)c1ccnc(NC2CCC2)c1. The zero-order valence-electron chi connectivity index (χ0n) is 16.9. The molecule has 0 bridgehead atoms. The summed E-state index contributed by atoms with van der Waals surface area (Å²) in [6.45, 7) is 2.58. The molecular formula is C22H30Cl2N4O2. The molecule has 0 radical (unpaired) electrons. The number of anilines is 1. The standard InChI is InChI=1S/C22H28N4O2.2ClH/c27-20(15-26-11-9-16-4-1-2-5-18(16)14-26)13-24-22(28)17-8-10-23-21(12-17)25-19-6-3-7-19;;/h1-2,4-5,8,10,12,19-20,27H,3,6-7,9,11,13-15H2,(H,23,25)(H,24,28);2*1H/t20-;;/m0../s1. The van der Waals surface area contributed by atoms with Crippen LogP contribution in [-0.2, 0) is 13.0 Å². The van der Waals surface area contributed by atoms with Gasteiger partial charge in [-0.3, -0.25) is 9.69 Å². The van der Waals surface area contributed by atoms with E-state index in [1.54, 1.807) is 18.3 Å². The molecule has 1 aromatic heterocycles. The quantitative estimate of drug-likeness (QED) is 0.601. The van der Waals surface area contributed by atoms with Gasteiger partial charge in [0.25, 0.3) is 5.91 Å². The normalized spacial score (nSPS) is 16.8. The number of benzene rings is 1. The number of pyridine rings is 1. The summed E-state index contributed by atoms with van der Waals surface area (Å²) in [7, 11) is 0. The van der Waals surface area contributed by atoms with Crippen LogP contribution in [0.1, 0.15) is 40.7 Å². The van der Waals surface area contributed by atoms with E-state index >= 15 is 0 Å². The minimum atomic E-state index is -0.594. The minimum absolute atomic E-state index is 0. The molecule has 1 saturated carbocycles. The number of aliphatic hydroxyl groups excluding tert-OH is 1. The molecule has 6 nitrogen and oxygen atoms in total. The van der Waals surface area contributed by atoms with E-state index in [1.807, 2.05) is 0 Å². The molecule has 1 amide bonds. The Morgan fingerprint density at radius 2 is 1.97 bits per heavy atom. The number of aliphatic hydroxyl groups is 1. The van der Waals surface area contributed by atoms with Gasteiger partial charge in [0.05, 0.1) is 6.10 Å². The van der Waals surface area contributed by atoms with Crippen LogP contribution in [0, 0.1) is 0 Å². The molecule has 30 heavy (non-hydrogen) atoms. The van der Waals surface area contributed by atoms with Crippen LogP contribution in [0.4, 0.5) is 5.82 Å². The Kier molecular flexibility index (Phi) is 9.37. The smallest absolute Gasteiger partial charge is 0.251 e. The van der Waals surface area contributed by atoms with Gasteiger partial charge < -0.3 is 15.7 Å². The summed E-state index contributed by atoms with van der Waals surface area (Å²) in [6, 6.07) is 12.4. The van der Waals surface area contributed by atoms with Gasteiger partial charge in [0, 0.05) is 44.0 Å². The Morgan fingerprint density at radius 1 is 1.20 bits per heavy atom. The summed E-state index contributed by atoms with van der Waals surface area (Å²) >= 11 is 0. The Labute approximate surface area is 190 Å². The number of nitrogens with zero attached hydrogens (tertiary/aromatic N) is 2. The minimum Gasteiger partial charge on any atom is -0.390 e. The molecule has 0 spiro atoms. The highest BCUT2D eigenvalue weighted by Crippen LogP contribution is 2.22. The Balaban J connectivity index is 0.00000160. The number of fused-ring (bicyclic) bond motifs is 1. The van der Waals surface area contributed by atoms with E-state index in [0.29, 0.717) is 18.2 Å². The second kappa shape index (κ2) is 11.5. The van der Waals surface area contributed by atoms with Gasteiger partial charge in [-0.15, -0.1) is 24.8 Å². The maximum atomic E-state index is 12.4. The second-order valence-corrected chi connectivity index (χ2v) is 7.82. The molecule has 2 aromatic rings. The maximum Gasteiger partial charge on any atom is 0.251 e. The van der Waals surface area contributed by atoms with Crippen molar-refractivity contribution in [2.75, 3.05) is 25.0 Å². The van der Waals surface area contributed by atoms with Crippen molar-refractivity contribution in [3.63, 3.8) is 0 Å². The summed E-state index contributed by atoms with van der Waals surface area (Å²) in [5.74, 6) is 0.562. The van der Waals surface area contributed by atoms with Crippen molar-refractivity contribution in [1.29, 1.82) is 0 Å². The van der Waals surface area contributed by atoms with E-state index < -0.39 is 6.10 Å². The van der Waals surface area contributed by atoms with Gasteiger partial charge in [-0.2, -0.15) is 0 Å². The number of nitrogens with one attached hydrogen (secondary N) is 2. The van der Waals surface area contributed by atoms with Crippen molar-refractivity contribution in [3.8, 4) is 0 Å². The molecule has 1 aliphatic carbocycles. The van der Waals surface area contributed by atoms with Crippen LogP contribution in [0.25, 0.3) is 0 Å². The first-order chi connectivity index (χ1) is 13.7. The summed E-state index contributed by atoms with van der Waals surface area (Å²) in [5.41, 5.74) is 3.29. The van der Waals surface area contributed by atoms with Crippen molar-refractivity contribution in [1.82, 2.24) is 15.2 Å². The van der Waals surface area contributed by atoms with Gasteiger partial charge in [0.1, 0.15) is 5.82 Å². The number of hydrogen-bond acceptors (Lipinski definition) is 5. The zero-order chi connectivity index (χ0) is 19.3. The molecule has 1 aliphatic heterocycles. The Morgan fingerprint density at radius 3 is 2.70 bits per heavy atom. The number of halogens is 2. The van der Waals surface area contributed by atoms with Crippen molar-refractivity contribution in [3.05, 3.63) is 59.3 Å². The van der Waals surface area contributed by atoms with E-state index in [2.05, 4.69) is 44.8 Å². The third kappa shape index (κ3) is 6.32. The first-order valence-corrected chi connectivity index (χ1v) is 10.2. The summed E-state index contributed by atoms with van der Waals surface area (Å²) in [4.78, 5) is 19.0. The number of carbonyl (C=O) groups is 1. The van der Waals surface area contributed by atoms with Gasteiger partial charge in [0.2, 0.25) is 0 Å². The average molecular weight is 453 g/mol. The molecule has 2 heterocycles. The fourth-order valence-electron chi connectivity index (χ4n) is 3.80. The second-order valence-electron chi connectivity index (χ2n) is 7.82. The van der Waals surface area contributed by atoms with E-state index in [4.69, 9.17) is 0 Å². The number of β-amino-alcohol motifs (C(OH)–C–C–N with tert-alkyl or cyclic N) is 1. The monoisotopic (exact) mass is 452 g/mol. The first kappa shape index (κ1) is 24.4. The van der Waals surface area contributed by atoms with Gasteiger partial charge in [-0.1, -0.05) is 24.3 Å². The molecule has 1 fully saturated rings. The molecule has 1 atom stereocenters. The predicted molar refractivity (Wildman–Crippen MR) is 124 cm³/mol. The average Bonchev–Trinajstić information content (AvgIpc) is 2.69. The van der Waals surface area contributed by atoms with Crippen LogP contribution >= 0.6 is 24.8 Å². The van der Waals surface area contributed by atoms with E-state index in [9.17, 15) is 9.90 Å². The lowest BCUT2D eigenvalue weighted by molar-refractivity contribution is 0.0842. The number of amides is 1. The van der Waals surface area contributed by atoms with E-state index in [1.165, 1.54) is 17.5 Å². The highest BCUT2D eigenvalue weighted by Gasteiger charge is 2.20. The number of hydrogen-bond donors (Lipinski definition) is 3. The van der Waals surface area contributed by atoms with Crippen LogP contribution in [0.2, 0.25) is 0 Å². The van der Waals surface area contributed by atoms with Crippen molar-refractivity contribution >= 4 is 36.5 Å². The summed E-state index contributed by atoms with van der Waals surface area (Å²) in [5, 5.41) is 16.6. The highest BCUT2D eigenvalue weighted by atomic mass is 35.5. The third-order valence-corrected chi connectivity index (χ3v) is 5.66. The van der Waals surface area contributed by atoms with Crippen molar-refractivity contribution in [2.45, 2.75) is 44.4 Å². The Bertz CT molecular complexity index is 832. The molecule has 8 heteroatoms. The lowest BCUT2D eigenvalue weighted by Gasteiger charge is -2.30. The van der Waals surface area contributed by atoms with Crippen molar-refractivity contribution in [2.24, 2.45) is 0 Å². The fourth-order valence-corrected chi connectivity index (χ4v) is 3.80. The molecule has 0 saturated heterocycles. The van der Waals surface area contributed by atoms with Gasteiger partial charge in [-0.25, -0.2) is 4.98 Å². The van der Waals surface area contributed by atoms with Gasteiger partial charge in [0.15, 0.2) is 0 Å². The molecular weight excluding hydrogens is 423 g/mol. The Hall–Kier alpha value is -1.86. The highest BCUT2D eigenvalue weighted by molar-refractivity contribution is 5.94. The largest absolute Gasteiger partial charge is 0.390 e. The van der Waals surface area contributed by atoms with E-state index in [-0.39, 0.29) is 37.3 Å². The first-order valence-electron chi connectivity index (χ1n) is 10.2. The predicted octanol–water partition coefficient (Wildman–Crippen LogP) is 3.04. The lowest BCUT2D eigenvalue weighted by Crippen LogP contribution is -2.42. The van der Waals surface area contributed by atoms with Crippen molar-refractivity contribution < 1.29 is 9.90 Å². The zero-order valence-corrected chi connectivity index (χ0v) is 18.6. The topological polar surface area (TPSA) is 77.5 Å². The van der Waals surface area contributed by atoms with Crippen LogP contribution in [0.3, 0.4) is 0 Å². The maximum absolute atomic E-state index is 12.4. The fraction of sp³-hybridized carbons (Fsp3) is 0.455. The van der Waals surface area contributed by atoms with E-state index in [0.717, 1.165) is 38.2 Å². The number of rotatable bonds is 7. The number of carbonyl (C=O) groups excluding carboxylic acids is 1. The van der Waals surface area contributed by atoms with Crippen LogP contribution in [-0.4, -0.2) is 52.7 Å². The lowest BCUT2D eigenvalue weighted by atomic mass is 9.93. The summed E-state index contributed by atoms with van der Waals surface area (Å²) in [6.07, 6.45) is 5.62. The molecule has 1 aromatic carbocycles. The summed E-state index contributed by atoms with van der Waals surface area (Å²) < 4.78 is 0. The molecule has 2 aliphatic rings. The third-order valence-electron chi connectivity index (χ3n) is 5.66. The van der Waals surface area contributed by atoms with Crippen LogP contribution < -0.4 is 10.6 Å². The van der Waals surface area contributed by atoms with Gasteiger partial charge in [-0.05, 0) is 48.9 Å². The molecule has 4 rings (SSSR count). The van der Waals surface area contributed by atoms with Crippen LogP contribution in [0.5, 0.6) is 0 Å². The molecule has 164 valence electrons. The van der Waals surface area contributed by atoms with Gasteiger partial charge >= 0.3 is 0 Å². The molecule has 3 N–H and O–H groups in total. The van der Waals surface area contributed by atoms with Crippen LogP contribution in [0.15, 0.2) is 42.6 Å². The molecule has 0 unspecified atom stereocenters.